The van der Waals surface area contributed by atoms with E-state index in [9.17, 15) is 9.59 Å². The number of hydrogen-bond acceptors (Lipinski definition) is 7. The summed E-state index contributed by atoms with van der Waals surface area (Å²) in [6.45, 7) is 2.79. The maximum atomic E-state index is 12.4. The molecule has 2 saturated heterocycles. The van der Waals surface area contributed by atoms with Gasteiger partial charge in [-0.05, 0) is 37.8 Å². The number of thiazole rings is 1. The average Bonchev–Trinajstić information content (AvgIpc) is 3.48. The van der Waals surface area contributed by atoms with Gasteiger partial charge in [0.15, 0.2) is 5.13 Å². The fourth-order valence-corrected chi connectivity index (χ4v) is 4.33. The number of aromatic nitrogens is 2. The van der Waals surface area contributed by atoms with Crippen LogP contribution in [0.1, 0.15) is 47.7 Å². The van der Waals surface area contributed by atoms with E-state index in [2.05, 4.69) is 15.3 Å². The highest BCUT2D eigenvalue weighted by atomic mass is 32.1. The maximum Gasteiger partial charge on any atom is 0.259 e. The van der Waals surface area contributed by atoms with Gasteiger partial charge in [0.2, 0.25) is 5.91 Å². The lowest BCUT2D eigenvalue weighted by atomic mass is 9.93. The van der Waals surface area contributed by atoms with Crippen LogP contribution in [0, 0.1) is 0 Å². The normalized spacial score (nSPS) is 19.7. The molecule has 1 N–H and O–H groups in total. The van der Waals surface area contributed by atoms with Gasteiger partial charge in [-0.1, -0.05) is 0 Å². The van der Waals surface area contributed by atoms with Crippen molar-refractivity contribution in [3.8, 4) is 0 Å². The molecule has 0 saturated carbocycles. The van der Waals surface area contributed by atoms with Gasteiger partial charge >= 0.3 is 0 Å². The molecule has 9 heteroatoms. The molecular weight excluding hydrogens is 404 g/mol. The summed E-state index contributed by atoms with van der Waals surface area (Å²) >= 11 is 1.37. The number of hydrogen-bond donors (Lipinski definition) is 1. The number of piperidine rings is 1. The zero-order chi connectivity index (χ0) is 20.8. The minimum atomic E-state index is -0.215. The summed E-state index contributed by atoms with van der Waals surface area (Å²) in [5, 5.41) is 5.13. The van der Waals surface area contributed by atoms with Gasteiger partial charge in [-0.15, -0.1) is 11.3 Å². The highest BCUT2D eigenvalue weighted by molar-refractivity contribution is 7.13. The third-order valence-electron chi connectivity index (χ3n) is 5.52. The Morgan fingerprint density at radius 1 is 1.23 bits per heavy atom. The SMILES string of the molecule is O=C(Nc1nccs1)c1ccc(C2CCN(C(=O)COC[C@H]3CCCO3)CC2)nc1. The topological polar surface area (TPSA) is 93.7 Å². The van der Waals surface area contributed by atoms with Gasteiger partial charge in [0.1, 0.15) is 6.61 Å². The smallest absolute Gasteiger partial charge is 0.259 e. The monoisotopic (exact) mass is 430 g/mol. The van der Waals surface area contributed by atoms with Crippen molar-refractivity contribution in [1.29, 1.82) is 0 Å². The third-order valence-corrected chi connectivity index (χ3v) is 6.21. The van der Waals surface area contributed by atoms with Crippen LogP contribution in [0.3, 0.4) is 0 Å². The van der Waals surface area contributed by atoms with Gasteiger partial charge in [-0.25, -0.2) is 4.98 Å². The number of ether oxygens (including phenoxy) is 2. The van der Waals surface area contributed by atoms with Gasteiger partial charge in [0.05, 0.1) is 18.3 Å². The summed E-state index contributed by atoms with van der Waals surface area (Å²) in [6, 6.07) is 3.70. The van der Waals surface area contributed by atoms with Crippen LogP contribution in [0.4, 0.5) is 5.13 Å². The van der Waals surface area contributed by atoms with Crippen LogP contribution in [0.5, 0.6) is 0 Å². The molecule has 2 aromatic rings. The molecule has 2 aromatic heterocycles. The molecule has 4 heterocycles. The van der Waals surface area contributed by atoms with E-state index in [4.69, 9.17) is 9.47 Å². The molecule has 2 aliphatic rings. The molecule has 4 rings (SSSR count). The fraction of sp³-hybridized carbons (Fsp3) is 0.524. The van der Waals surface area contributed by atoms with Gasteiger partial charge in [-0.3, -0.25) is 19.9 Å². The van der Waals surface area contributed by atoms with Crippen LogP contribution in [-0.2, 0) is 14.3 Å². The molecule has 8 nitrogen and oxygen atoms in total. The van der Waals surface area contributed by atoms with Crippen molar-refractivity contribution in [2.24, 2.45) is 0 Å². The van der Waals surface area contributed by atoms with Crippen LogP contribution < -0.4 is 5.32 Å². The largest absolute Gasteiger partial charge is 0.376 e. The molecule has 2 fully saturated rings. The molecule has 0 bridgehead atoms. The van der Waals surface area contributed by atoms with Crippen LogP contribution in [-0.4, -0.2) is 65.7 Å². The molecule has 0 spiro atoms. The Balaban J connectivity index is 1.21. The Labute approximate surface area is 179 Å². The molecule has 2 aliphatic heterocycles. The fourth-order valence-electron chi connectivity index (χ4n) is 3.80. The van der Waals surface area contributed by atoms with Gasteiger partial charge in [-0.2, -0.15) is 0 Å². The zero-order valence-electron chi connectivity index (χ0n) is 16.8. The van der Waals surface area contributed by atoms with E-state index in [0.29, 0.717) is 30.4 Å². The number of anilines is 1. The number of rotatable bonds is 7. The predicted molar refractivity (Wildman–Crippen MR) is 113 cm³/mol. The van der Waals surface area contributed by atoms with Crippen molar-refractivity contribution in [3.63, 3.8) is 0 Å². The highest BCUT2D eigenvalue weighted by Crippen LogP contribution is 2.27. The van der Waals surface area contributed by atoms with Crippen LogP contribution in [0.25, 0.3) is 0 Å². The Hall–Kier alpha value is -2.36. The quantitative estimate of drug-likeness (QED) is 0.726. The van der Waals surface area contributed by atoms with E-state index in [-0.39, 0.29) is 30.4 Å². The lowest BCUT2D eigenvalue weighted by molar-refractivity contribution is -0.138. The summed E-state index contributed by atoms with van der Waals surface area (Å²) in [6.07, 6.45) is 7.19. The van der Waals surface area contributed by atoms with Gasteiger partial charge in [0.25, 0.3) is 5.91 Å². The molecule has 30 heavy (non-hydrogen) atoms. The third kappa shape index (κ3) is 5.41. The molecule has 0 aliphatic carbocycles. The van der Waals surface area contributed by atoms with E-state index < -0.39 is 0 Å². The van der Waals surface area contributed by atoms with Crippen molar-refractivity contribution in [2.45, 2.75) is 37.7 Å². The highest BCUT2D eigenvalue weighted by Gasteiger charge is 2.25. The molecule has 0 radical (unpaired) electrons. The Morgan fingerprint density at radius 2 is 2.10 bits per heavy atom. The minimum absolute atomic E-state index is 0.0358. The summed E-state index contributed by atoms with van der Waals surface area (Å²) in [7, 11) is 0. The Morgan fingerprint density at radius 3 is 2.77 bits per heavy atom. The van der Waals surface area contributed by atoms with Gasteiger partial charge in [0, 0.05) is 49.1 Å². The van der Waals surface area contributed by atoms with Gasteiger partial charge < -0.3 is 14.4 Å². The first-order chi connectivity index (χ1) is 14.7. The molecular formula is C21H26N4O4S. The predicted octanol–water partition coefficient (Wildman–Crippen LogP) is 2.69. The summed E-state index contributed by atoms with van der Waals surface area (Å²) in [5.74, 6) is 0.110. The number of likely N-dealkylation sites (tertiary alicyclic amines) is 1. The first-order valence-corrected chi connectivity index (χ1v) is 11.2. The van der Waals surface area contributed by atoms with Crippen molar-refractivity contribution < 1.29 is 19.1 Å². The van der Waals surface area contributed by atoms with Crippen LogP contribution in [0.2, 0.25) is 0 Å². The Bertz CT molecular complexity index is 829. The lowest BCUT2D eigenvalue weighted by Gasteiger charge is -2.31. The maximum absolute atomic E-state index is 12.4. The van der Waals surface area contributed by atoms with E-state index in [1.807, 2.05) is 16.3 Å². The van der Waals surface area contributed by atoms with E-state index >= 15 is 0 Å². The second-order valence-corrected chi connectivity index (χ2v) is 8.46. The van der Waals surface area contributed by atoms with Crippen molar-refractivity contribution in [2.75, 3.05) is 38.2 Å². The molecule has 1 atom stereocenters. The molecule has 0 aromatic carbocycles. The molecule has 0 unspecified atom stereocenters. The molecule has 2 amide bonds. The number of amides is 2. The minimum Gasteiger partial charge on any atom is -0.376 e. The molecule has 160 valence electrons. The number of pyridine rings is 1. The number of nitrogens with zero attached hydrogens (tertiary/aromatic N) is 3. The number of nitrogens with one attached hydrogen (secondary N) is 1. The lowest BCUT2D eigenvalue weighted by Crippen LogP contribution is -2.40. The van der Waals surface area contributed by atoms with Crippen molar-refractivity contribution in [3.05, 3.63) is 41.2 Å². The average molecular weight is 431 g/mol. The summed E-state index contributed by atoms with van der Waals surface area (Å²) < 4.78 is 11.1. The standard InChI is InChI=1S/C21H26N4O4S/c26-19(14-28-13-17-2-1-10-29-17)25-8-5-15(6-9-25)18-4-3-16(12-23-18)20(27)24-21-22-7-11-30-21/h3-4,7,11-12,15,17H,1-2,5-6,8-10,13-14H2,(H,22,24,27)/t17-/m1/s1. The second-order valence-electron chi connectivity index (χ2n) is 7.57. The van der Waals surface area contributed by atoms with E-state index in [0.717, 1.165) is 38.0 Å². The van der Waals surface area contributed by atoms with Crippen LogP contribution in [0.15, 0.2) is 29.9 Å². The second kappa shape index (κ2) is 10.1. The first kappa shape index (κ1) is 20.9. The van der Waals surface area contributed by atoms with E-state index in [1.54, 1.807) is 18.5 Å². The summed E-state index contributed by atoms with van der Waals surface area (Å²) in [5.41, 5.74) is 1.47. The van der Waals surface area contributed by atoms with Crippen LogP contribution >= 0.6 is 11.3 Å². The number of carbonyl (C=O) groups is 2. The van der Waals surface area contributed by atoms with Crippen molar-refractivity contribution >= 4 is 28.3 Å². The van der Waals surface area contributed by atoms with E-state index in [1.165, 1.54) is 11.3 Å². The van der Waals surface area contributed by atoms with Crippen molar-refractivity contribution in [1.82, 2.24) is 14.9 Å². The zero-order valence-corrected chi connectivity index (χ0v) is 17.6. The number of carbonyl (C=O) groups excluding carboxylic acids is 2. The summed E-state index contributed by atoms with van der Waals surface area (Å²) in [4.78, 5) is 35.0. The first-order valence-electron chi connectivity index (χ1n) is 10.3. The Kier molecular flexibility index (Phi) is 7.03.